The van der Waals surface area contributed by atoms with Crippen molar-refractivity contribution in [3.8, 4) is 67.3 Å². The summed E-state index contributed by atoms with van der Waals surface area (Å²) in [6, 6.07) is 70.1. The molecule has 0 radical (unpaired) electrons. The number of fused-ring (bicyclic) bond motifs is 7. The van der Waals surface area contributed by atoms with E-state index in [4.69, 9.17) is 9.97 Å². The standard InChI is InChI=1S/C55H38N2/c1-55(2)49-32-28-36-14-7-9-19-44(36)53(49)48-29-27-40(33-50(48)55)43-30-31-47(46-21-11-10-20-45(43)46)52-34-51(56-54(57-52)39-15-4-3-5-16-39)38-25-23-37(24-26-38)42-22-12-17-35-13-6-8-18-41(35)42/h3-34H,1-2H3. The smallest absolute Gasteiger partial charge is 0.160 e. The van der Waals surface area contributed by atoms with Gasteiger partial charge in [0.2, 0.25) is 0 Å². The van der Waals surface area contributed by atoms with E-state index in [0.717, 1.165) is 28.1 Å². The highest BCUT2D eigenvalue weighted by Gasteiger charge is 2.36. The maximum Gasteiger partial charge on any atom is 0.160 e. The molecule has 0 saturated carbocycles. The van der Waals surface area contributed by atoms with Crippen LogP contribution in [0.25, 0.3) is 99.6 Å². The van der Waals surface area contributed by atoms with Crippen LogP contribution in [-0.2, 0) is 5.41 Å². The molecule has 0 spiro atoms. The van der Waals surface area contributed by atoms with Crippen LogP contribution in [0.4, 0.5) is 0 Å². The van der Waals surface area contributed by atoms with Crippen molar-refractivity contribution in [3.63, 3.8) is 0 Å². The van der Waals surface area contributed by atoms with E-state index in [0.29, 0.717) is 5.82 Å². The van der Waals surface area contributed by atoms with Crippen LogP contribution in [0.5, 0.6) is 0 Å². The summed E-state index contributed by atoms with van der Waals surface area (Å²) in [6.07, 6.45) is 0. The van der Waals surface area contributed by atoms with Crippen LogP contribution < -0.4 is 0 Å². The molecular formula is C55H38N2. The van der Waals surface area contributed by atoms with E-state index in [1.807, 2.05) is 18.2 Å². The summed E-state index contributed by atoms with van der Waals surface area (Å²) >= 11 is 0. The molecule has 0 fully saturated rings. The van der Waals surface area contributed by atoms with Gasteiger partial charge in [-0.3, -0.25) is 0 Å². The minimum atomic E-state index is -0.112. The first-order valence-electron chi connectivity index (χ1n) is 19.7. The van der Waals surface area contributed by atoms with E-state index in [2.05, 4.69) is 190 Å². The average molecular weight is 727 g/mol. The van der Waals surface area contributed by atoms with Gasteiger partial charge in [0.05, 0.1) is 11.4 Å². The number of aromatic nitrogens is 2. The van der Waals surface area contributed by atoms with E-state index in [-0.39, 0.29) is 5.41 Å². The van der Waals surface area contributed by atoms with E-state index >= 15 is 0 Å². The first-order valence-corrected chi connectivity index (χ1v) is 19.7. The van der Waals surface area contributed by atoms with Gasteiger partial charge < -0.3 is 0 Å². The van der Waals surface area contributed by atoms with E-state index in [9.17, 15) is 0 Å². The molecule has 9 aromatic carbocycles. The minimum absolute atomic E-state index is 0.112. The Morgan fingerprint density at radius 3 is 1.68 bits per heavy atom. The molecule has 0 saturated heterocycles. The normalized spacial score (nSPS) is 12.9. The maximum atomic E-state index is 5.25. The van der Waals surface area contributed by atoms with E-state index in [1.54, 1.807) is 0 Å². The van der Waals surface area contributed by atoms with Gasteiger partial charge in [-0.2, -0.15) is 0 Å². The molecule has 10 aromatic rings. The fraction of sp³-hybridized carbons (Fsp3) is 0.0545. The molecule has 57 heavy (non-hydrogen) atoms. The van der Waals surface area contributed by atoms with Gasteiger partial charge in [0.15, 0.2) is 5.82 Å². The van der Waals surface area contributed by atoms with Crippen molar-refractivity contribution in [2.24, 2.45) is 0 Å². The van der Waals surface area contributed by atoms with Crippen LogP contribution in [-0.4, -0.2) is 9.97 Å². The zero-order valence-electron chi connectivity index (χ0n) is 31.9. The van der Waals surface area contributed by atoms with Gasteiger partial charge >= 0.3 is 0 Å². The Balaban J connectivity index is 1.03. The molecular weight excluding hydrogens is 689 g/mol. The predicted octanol–water partition coefficient (Wildman–Crippen LogP) is 14.6. The van der Waals surface area contributed by atoms with Crippen LogP contribution in [0.1, 0.15) is 25.0 Å². The lowest BCUT2D eigenvalue weighted by Gasteiger charge is -2.22. The number of rotatable bonds is 5. The molecule has 0 bridgehead atoms. The van der Waals surface area contributed by atoms with Crippen molar-refractivity contribution in [2.45, 2.75) is 19.3 Å². The fourth-order valence-electron chi connectivity index (χ4n) is 9.20. The summed E-state index contributed by atoms with van der Waals surface area (Å²) in [5, 5.41) is 7.47. The molecule has 0 amide bonds. The Bertz CT molecular complexity index is 3190. The van der Waals surface area contributed by atoms with Crippen molar-refractivity contribution in [2.75, 3.05) is 0 Å². The van der Waals surface area contributed by atoms with Crippen LogP contribution in [0.15, 0.2) is 194 Å². The van der Waals surface area contributed by atoms with Crippen LogP contribution in [0, 0.1) is 0 Å². The van der Waals surface area contributed by atoms with Crippen molar-refractivity contribution in [1.29, 1.82) is 0 Å². The second-order valence-electron chi connectivity index (χ2n) is 15.7. The molecule has 0 unspecified atom stereocenters. The van der Waals surface area contributed by atoms with Gasteiger partial charge in [0, 0.05) is 22.1 Å². The first-order chi connectivity index (χ1) is 28.0. The third-order valence-electron chi connectivity index (χ3n) is 12.1. The topological polar surface area (TPSA) is 25.8 Å². The summed E-state index contributed by atoms with van der Waals surface area (Å²) < 4.78 is 0. The van der Waals surface area contributed by atoms with Gasteiger partial charge in [-0.15, -0.1) is 0 Å². The Hall–Kier alpha value is -7.16. The lowest BCUT2D eigenvalue weighted by molar-refractivity contribution is 0.661. The second-order valence-corrected chi connectivity index (χ2v) is 15.7. The van der Waals surface area contributed by atoms with Crippen molar-refractivity contribution >= 4 is 32.3 Å². The molecule has 0 aliphatic heterocycles. The summed E-state index contributed by atoms with van der Waals surface area (Å²) in [5.74, 6) is 0.710. The second kappa shape index (κ2) is 13.0. The minimum Gasteiger partial charge on any atom is -0.228 e. The Labute approximate surface area is 332 Å². The monoisotopic (exact) mass is 726 g/mol. The molecule has 1 aromatic heterocycles. The van der Waals surface area contributed by atoms with Gasteiger partial charge in [0.25, 0.3) is 0 Å². The lowest BCUT2D eigenvalue weighted by atomic mass is 9.81. The molecule has 1 heterocycles. The molecule has 1 aliphatic rings. The predicted molar refractivity (Wildman–Crippen MR) is 239 cm³/mol. The molecule has 2 nitrogen and oxygen atoms in total. The molecule has 2 heteroatoms. The summed E-state index contributed by atoms with van der Waals surface area (Å²) in [5.41, 5.74) is 15.1. The van der Waals surface area contributed by atoms with Gasteiger partial charge in [-0.1, -0.05) is 196 Å². The fourth-order valence-corrected chi connectivity index (χ4v) is 9.20. The average Bonchev–Trinajstić information content (AvgIpc) is 3.51. The molecule has 0 N–H and O–H groups in total. The Morgan fingerprint density at radius 1 is 0.333 bits per heavy atom. The summed E-state index contributed by atoms with van der Waals surface area (Å²) in [4.78, 5) is 10.4. The molecule has 268 valence electrons. The molecule has 1 aliphatic carbocycles. The quantitative estimate of drug-likeness (QED) is 0.176. The molecule has 0 atom stereocenters. The third kappa shape index (κ3) is 5.40. The highest BCUT2D eigenvalue weighted by Crippen LogP contribution is 2.52. The van der Waals surface area contributed by atoms with E-state index in [1.165, 1.54) is 76.8 Å². The molecule has 11 rings (SSSR count). The van der Waals surface area contributed by atoms with Gasteiger partial charge in [-0.05, 0) is 89.0 Å². The van der Waals surface area contributed by atoms with E-state index < -0.39 is 0 Å². The maximum absolute atomic E-state index is 5.25. The summed E-state index contributed by atoms with van der Waals surface area (Å²) in [6.45, 7) is 4.73. The number of hydrogen-bond acceptors (Lipinski definition) is 2. The van der Waals surface area contributed by atoms with Crippen molar-refractivity contribution in [1.82, 2.24) is 9.97 Å². The summed E-state index contributed by atoms with van der Waals surface area (Å²) in [7, 11) is 0. The van der Waals surface area contributed by atoms with Crippen LogP contribution >= 0.6 is 0 Å². The Morgan fingerprint density at radius 2 is 0.895 bits per heavy atom. The zero-order chi connectivity index (χ0) is 38.1. The number of nitrogens with zero attached hydrogens (tertiary/aromatic N) is 2. The van der Waals surface area contributed by atoms with Crippen LogP contribution in [0.2, 0.25) is 0 Å². The largest absolute Gasteiger partial charge is 0.228 e. The Kier molecular flexibility index (Phi) is 7.55. The highest BCUT2D eigenvalue weighted by molar-refractivity contribution is 6.07. The van der Waals surface area contributed by atoms with Crippen molar-refractivity contribution < 1.29 is 0 Å². The van der Waals surface area contributed by atoms with Gasteiger partial charge in [-0.25, -0.2) is 9.97 Å². The zero-order valence-corrected chi connectivity index (χ0v) is 31.9. The number of hydrogen-bond donors (Lipinski definition) is 0. The number of benzene rings is 9. The van der Waals surface area contributed by atoms with Crippen molar-refractivity contribution in [3.05, 3.63) is 205 Å². The SMILES string of the molecule is CC1(C)c2cc(-c3ccc(-c4cc(-c5ccc(-c6cccc7ccccc67)cc5)nc(-c5ccccc5)n4)c4ccccc34)ccc2-c2c1ccc1ccccc21. The third-order valence-corrected chi connectivity index (χ3v) is 12.1. The van der Waals surface area contributed by atoms with Gasteiger partial charge in [0.1, 0.15) is 0 Å². The first kappa shape index (κ1) is 33.2. The highest BCUT2D eigenvalue weighted by atomic mass is 14.9. The lowest BCUT2D eigenvalue weighted by Crippen LogP contribution is -2.15. The van der Waals surface area contributed by atoms with Crippen LogP contribution in [0.3, 0.4) is 0 Å².